The zero-order valence-corrected chi connectivity index (χ0v) is 13.2. The van der Waals surface area contributed by atoms with Gasteiger partial charge >= 0.3 is 0 Å². The van der Waals surface area contributed by atoms with Gasteiger partial charge in [0.1, 0.15) is 6.10 Å². The van der Waals surface area contributed by atoms with E-state index in [0.29, 0.717) is 16.5 Å². The molecule has 0 bridgehead atoms. The molecule has 0 saturated carbocycles. The molecule has 3 heteroatoms. The van der Waals surface area contributed by atoms with Gasteiger partial charge in [-0.2, -0.15) is 0 Å². The first-order chi connectivity index (χ1) is 8.99. The molecule has 0 spiro atoms. The second kappa shape index (κ2) is 6.08. The molecule has 0 radical (unpaired) electrons. The molecule has 0 aromatic heterocycles. The van der Waals surface area contributed by atoms with Crippen LogP contribution in [0.1, 0.15) is 42.6 Å². The van der Waals surface area contributed by atoms with Gasteiger partial charge in [-0.25, -0.2) is 0 Å². The topological polar surface area (TPSA) is 20.2 Å². The summed E-state index contributed by atoms with van der Waals surface area (Å²) in [6, 6.07) is 13.5. The first-order valence-electron chi connectivity index (χ1n) is 6.22. The van der Waals surface area contributed by atoms with E-state index in [1.54, 1.807) is 6.07 Å². The van der Waals surface area contributed by atoms with Crippen molar-refractivity contribution in [1.29, 1.82) is 0 Å². The molecule has 19 heavy (non-hydrogen) atoms. The molecule has 2 aromatic rings. The van der Waals surface area contributed by atoms with Crippen molar-refractivity contribution in [3.63, 3.8) is 0 Å². The van der Waals surface area contributed by atoms with Gasteiger partial charge in [0.2, 0.25) is 0 Å². The van der Waals surface area contributed by atoms with Crippen LogP contribution >= 0.6 is 27.5 Å². The van der Waals surface area contributed by atoms with Gasteiger partial charge in [0.15, 0.2) is 0 Å². The van der Waals surface area contributed by atoms with E-state index < -0.39 is 6.10 Å². The van der Waals surface area contributed by atoms with E-state index >= 15 is 0 Å². The maximum atomic E-state index is 10.4. The second-order valence-electron chi connectivity index (χ2n) is 4.89. The summed E-state index contributed by atoms with van der Waals surface area (Å²) >= 11 is 9.54. The summed E-state index contributed by atoms with van der Waals surface area (Å²) in [5.74, 6) is 0.487. The van der Waals surface area contributed by atoms with Crippen LogP contribution in [0.2, 0.25) is 5.02 Å². The number of benzene rings is 2. The Morgan fingerprint density at radius 1 is 1.00 bits per heavy atom. The highest BCUT2D eigenvalue weighted by molar-refractivity contribution is 9.10. The lowest BCUT2D eigenvalue weighted by Gasteiger charge is -2.15. The number of halogens is 2. The normalized spacial score (nSPS) is 12.7. The number of rotatable bonds is 3. The molecular weight excluding hydrogens is 324 g/mol. The largest absolute Gasteiger partial charge is 0.384 e. The molecule has 1 nitrogen and oxygen atoms in total. The Morgan fingerprint density at radius 2 is 1.58 bits per heavy atom. The minimum atomic E-state index is -0.703. The SMILES string of the molecule is CC(C)c1ccc(C(O)c2cc(Br)ccc2Cl)cc1. The zero-order valence-electron chi connectivity index (χ0n) is 10.9. The lowest BCUT2D eigenvalue weighted by molar-refractivity contribution is 0.220. The van der Waals surface area contributed by atoms with Gasteiger partial charge in [-0.1, -0.05) is 65.6 Å². The lowest BCUT2D eigenvalue weighted by atomic mass is 9.97. The van der Waals surface area contributed by atoms with Crippen LogP contribution in [0.15, 0.2) is 46.9 Å². The van der Waals surface area contributed by atoms with Gasteiger partial charge in [0.05, 0.1) is 0 Å². The van der Waals surface area contributed by atoms with Crippen molar-refractivity contribution in [3.05, 3.63) is 68.7 Å². The van der Waals surface area contributed by atoms with E-state index in [9.17, 15) is 5.11 Å². The van der Waals surface area contributed by atoms with Crippen molar-refractivity contribution < 1.29 is 5.11 Å². The molecule has 0 amide bonds. The highest BCUT2D eigenvalue weighted by atomic mass is 79.9. The van der Waals surface area contributed by atoms with Crippen molar-refractivity contribution in [2.45, 2.75) is 25.9 Å². The van der Waals surface area contributed by atoms with Crippen LogP contribution in [-0.2, 0) is 0 Å². The molecule has 0 aliphatic heterocycles. The average molecular weight is 340 g/mol. The first kappa shape index (κ1) is 14.6. The molecular formula is C16H16BrClO. The highest BCUT2D eigenvalue weighted by Crippen LogP contribution is 2.31. The van der Waals surface area contributed by atoms with E-state index in [1.165, 1.54) is 5.56 Å². The van der Waals surface area contributed by atoms with E-state index in [2.05, 4.69) is 41.9 Å². The fraction of sp³-hybridized carbons (Fsp3) is 0.250. The summed E-state index contributed by atoms with van der Waals surface area (Å²) in [7, 11) is 0. The summed E-state index contributed by atoms with van der Waals surface area (Å²) in [6.07, 6.45) is -0.703. The Labute approximate surface area is 127 Å². The van der Waals surface area contributed by atoms with Gasteiger partial charge in [0, 0.05) is 15.1 Å². The number of hydrogen-bond donors (Lipinski definition) is 1. The minimum Gasteiger partial charge on any atom is -0.384 e. The van der Waals surface area contributed by atoms with Crippen molar-refractivity contribution in [1.82, 2.24) is 0 Å². The second-order valence-corrected chi connectivity index (χ2v) is 6.21. The molecule has 0 heterocycles. The van der Waals surface area contributed by atoms with E-state index in [4.69, 9.17) is 11.6 Å². The smallest absolute Gasteiger partial charge is 0.106 e. The molecule has 2 aromatic carbocycles. The van der Waals surface area contributed by atoms with Crippen LogP contribution in [0, 0.1) is 0 Å². The Balaban J connectivity index is 2.33. The fourth-order valence-electron chi connectivity index (χ4n) is 1.97. The van der Waals surface area contributed by atoms with E-state index in [0.717, 1.165) is 10.0 Å². The van der Waals surface area contributed by atoms with Crippen LogP contribution in [-0.4, -0.2) is 5.11 Å². The highest BCUT2D eigenvalue weighted by Gasteiger charge is 2.14. The van der Waals surface area contributed by atoms with Gasteiger partial charge in [-0.3, -0.25) is 0 Å². The summed E-state index contributed by atoms with van der Waals surface area (Å²) in [5.41, 5.74) is 2.83. The average Bonchev–Trinajstić information content (AvgIpc) is 2.41. The molecule has 0 saturated heterocycles. The third-order valence-corrected chi connectivity index (χ3v) is 4.01. The predicted molar refractivity (Wildman–Crippen MR) is 83.7 cm³/mol. The Bertz CT molecular complexity index is 563. The molecule has 0 fully saturated rings. The fourth-order valence-corrected chi connectivity index (χ4v) is 2.57. The lowest BCUT2D eigenvalue weighted by Crippen LogP contribution is -2.01. The predicted octanol–water partition coefficient (Wildman–Crippen LogP) is 5.31. The molecule has 2 rings (SSSR count). The van der Waals surface area contributed by atoms with Crippen molar-refractivity contribution in [2.24, 2.45) is 0 Å². The first-order valence-corrected chi connectivity index (χ1v) is 7.39. The maximum Gasteiger partial charge on any atom is 0.106 e. The molecule has 1 atom stereocenters. The Hall–Kier alpha value is -0.830. The third kappa shape index (κ3) is 3.38. The summed E-state index contributed by atoms with van der Waals surface area (Å²) in [6.45, 7) is 4.30. The number of aliphatic hydroxyl groups is 1. The van der Waals surface area contributed by atoms with E-state index in [-0.39, 0.29) is 0 Å². The maximum absolute atomic E-state index is 10.4. The van der Waals surface area contributed by atoms with Crippen LogP contribution < -0.4 is 0 Å². The monoisotopic (exact) mass is 338 g/mol. The van der Waals surface area contributed by atoms with Crippen LogP contribution in [0.3, 0.4) is 0 Å². The molecule has 1 N–H and O–H groups in total. The van der Waals surface area contributed by atoms with Gasteiger partial charge in [-0.15, -0.1) is 0 Å². The minimum absolute atomic E-state index is 0.487. The molecule has 100 valence electrons. The Kier molecular flexibility index (Phi) is 4.67. The van der Waals surface area contributed by atoms with Crippen LogP contribution in [0.25, 0.3) is 0 Å². The van der Waals surface area contributed by atoms with Gasteiger partial charge < -0.3 is 5.11 Å². The van der Waals surface area contributed by atoms with Crippen molar-refractivity contribution in [2.75, 3.05) is 0 Å². The van der Waals surface area contributed by atoms with Crippen LogP contribution in [0.4, 0.5) is 0 Å². The van der Waals surface area contributed by atoms with Gasteiger partial charge in [0.25, 0.3) is 0 Å². The number of aliphatic hydroxyl groups excluding tert-OH is 1. The van der Waals surface area contributed by atoms with E-state index in [1.807, 2.05) is 24.3 Å². The van der Waals surface area contributed by atoms with Crippen molar-refractivity contribution >= 4 is 27.5 Å². The molecule has 0 aliphatic carbocycles. The quantitative estimate of drug-likeness (QED) is 0.803. The molecule has 0 aliphatic rings. The van der Waals surface area contributed by atoms with Gasteiger partial charge in [-0.05, 0) is 35.2 Å². The summed E-state index contributed by atoms with van der Waals surface area (Å²) in [4.78, 5) is 0. The Morgan fingerprint density at radius 3 is 2.16 bits per heavy atom. The zero-order chi connectivity index (χ0) is 14.0. The van der Waals surface area contributed by atoms with Crippen molar-refractivity contribution in [3.8, 4) is 0 Å². The summed E-state index contributed by atoms with van der Waals surface area (Å²) in [5, 5.41) is 11.0. The van der Waals surface area contributed by atoms with Crippen LogP contribution in [0.5, 0.6) is 0 Å². The third-order valence-electron chi connectivity index (χ3n) is 3.17. The number of hydrogen-bond acceptors (Lipinski definition) is 1. The standard InChI is InChI=1S/C16H16BrClO/c1-10(2)11-3-5-12(6-4-11)16(19)14-9-13(17)7-8-15(14)18/h3-10,16,19H,1-2H3. The summed E-state index contributed by atoms with van der Waals surface area (Å²) < 4.78 is 0.907. The molecule has 1 unspecified atom stereocenters.